The first-order valence-electron chi connectivity index (χ1n) is 9.89. The SMILES string of the molecule is Cc1ncc2c(c1-c1noc(CC(c3ccccc3)c3ccco3)n1)CCNC2.Cl. The van der Waals surface area contributed by atoms with Crippen molar-refractivity contribution >= 4 is 12.4 Å². The highest BCUT2D eigenvalue weighted by Crippen LogP contribution is 2.31. The molecule has 0 aliphatic carbocycles. The third-order valence-electron chi connectivity index (χ3n) is 5.49. The van der Waals surface area contributed by atoms with Crippen molar-refractivity contribution in [3.05, 3.63) is 89.0 Å². The van der Waals surface area contributed by atoms with Gasteiger partial charge in [-0.15, -0.1) is 12.4 Å². The maximum absolute atomic E-state index is 5.70. The lowest BCUT2D eigenvalue weighted by molar-refractivity contribution is 0.366. The van der Waals surface area contributed by atoms with E-state index in [9.17, 15) is 0 Å². The Morgan fingerprint density at radius 1 is 1.13 bits per heavy atom. The molecule has 30 heavy (non-hydrogen) atoms. The Kier molecular flexibility index (Phi) is 5.97. The molecule has 5 rings (SSSR count). The Morgan fingerprint density at radius 2 is 2.00 bits per heavy atom. The molecule has 154 valence electrons. The second-order valence-corrected chi connectivity index (χ2v) is 7.34. The molecule has 0 fully saturated rings. The van der Waals surface area contributed by atoms with E-state index in [-0.39, 0.29) is 18.3 Å². The zero-order chi connectivity index (χ0) is 19.6. The topological polar surface area (TPSA) is 77.0 Å². The van der Waals surface area contributed by atoms with Crippen LogP contribution in [0.4, 0.5) is 0 Å². The molecule has 7 heteroatoms. The van der Waals surface area contributed by atoms with E-state index < -0.39 is 0 Å². The van der Waals surface area contributed by atoms with Gasteiger partial charge in [0.1, 0.15) is 5.76 Å². The number of halogens is 1. The first-order valence-corrected chi connectivity index (χ1v) is 9.89. The predicted molar refractivity (Wildman–Crippen MR) is 116 cm³/mol. The minimum atomic E-state index is 0. The number of benzene rings is 1. The smallest absolute Gasteiger partial charge is 0.228 e. The van der Waals surface area contributed by atoms with Crippen molar-refractivity contribution in [1.29, 1.82) is 0 Å². The summed E-state index contributed by atoms with van der Waals surface area (Å²) in [7, 11) is 0. The molecule has 1 N–H and O–H groups in total. The third kappa shape index (κ3) is 3.88. The molecule has 1 aromatic carbocycles. The summed E-state index contributed by atoms with van der Waals surface area (Å²) in [5.74, 6) is 2.12. The summed E-state index contributed by atoms with van der Waals surface area (Å²) in [5, 5.41) is 7.70. The Hall–Kier alpha value is -2.96. The van der Waals surface area contributed by atoms with Crippen LogP contribution in [0.3, 0.4) is 0 Å². The maximum Gasteiger partial charge on any atom is 0.228 e. The van der Waals surface area contributed by atoms with Crippen LogP contribution in [-0.4, -0.2) is 21.7 Å². The second kappa shape index (κ2) is 8.81. The van der Waals surface area contributed by atoms with Gasteiger partial charge in [0.2, 0.25) is 11.7 Å². The van der Waals surface area contributed by atoms with Crippen LogP contribution in [0.15, 0.2) is 63.9 Å². The third-order valence-corrected chi connectivity index (χ3v) is 5.49. The molecule has 0 radical (unpaired) electrons. The van der Waals surface area contributed by atoms with Crippen LogP contribution in [0.5, 0.6) is 0 Å². The number of furan rings is 1. The largest absolute Gasteiger partial charge is 0.469 e. The van der Waals surface area contributed by atoms with E-state index in [1.807, 2.05) is 43.5 Å². The predicted octanol–water partition coefficient (Wildman–Crippen LogP) is 4.48. The molecular weight excluding hydrogens is 400 g/mol. The van der Waals surface area contributed by atoms with E-state index in [0.717, 1.165) is 42.1 Å². The first kappa shape index (κ1) is 20.3. The molecule has 6 nitrogen and oxygen atoms in total. The Morgan fingerprint density at radius 3 is 2.80 bits per heavy atom. The van der Waals surface area contributed by atoms with Crippen LogP contribution in [0.2, 0.25) is 0 Å². The van der Waals surface area contributed by atoms with Gasteiger partial charge in [-0.2, -0.15) is 4.98 Å². The molecule has 1 unspecified atom stereocenters. The number of rotatable bonds is 5. The molecule has 1 atom stereocenters. The van der Waals surface area contributed by atoms with Crippen molar-refractivity contribution in [2.24, 2.45) is 0 Å². The standard InChI is InChI=1S/C23H22N4O2.ClH/c1-15-22(18-9-10-24-13-17(18)14-25-15)23-26-21(29-27-23)12-19(20-8-5-11-28-20)16-6-3-2-4-7-16;/h2-8,11,14,19,24H,9-10,12-13H2,1H3;1H. The van der Waals surface area contributed by atoms with Gasteiger partial charge in [0.25, 0.3) is 0 Å². The summed E-state index contributed by atoms with van der Waals surface area (Å²) >= 11 is 0. The van der Waals surface area contributed by atoms with E-state index in [2.05, 4.69) is 27.6 Å². The fourth-order valence-electron chi connectivity index (χ4n) is 4.04. The van der Waals surface area contributed by atoms with E-state index in [1.165, 1.54) is 11.1 Å². The van der Waals surface area contributed by atoms with Gasteiger partial charge in [-0.3, -0.25) is 4.98 Å². The van der Waals surface area contributed by atoms with Gasteiger partial charge in [0.05, 0.1) is 12.2 Å². The van der Waals surface area contributed by atoms with E-state index in [1.54, 1.807) is 6.26 Å². The lowest BCUT2D eigenvalue weighted by Gasteiger charge is -2.19. The number of pyridine rings is 1. The van der Waals surface area contributed by atoms with Crippen LogP contribution in [0.1, 0.15) is 40.0 Å². The van der Waals surface area contributed by atoms with Gasteiger partial charge in [0.15, 0.2) is 0 Å². The fraction of sp³-hybridized carbons (Fsp3) is 0.261. The minimum absolute atomic E-state index is 0. The summed E-state index contributed by atoms with van der Waals surface area (Å²) in [6.45, 7) is 3.78. The molecular formula is C23H23ClN4O2. The van der Waals surface area contributed by atoms with E-state index in [4.69, 9.17) is 13.9 Å². The molecule has 1 aliphatic heterocycles. The van der Waals surface area contributed by atoms with Crippen LogP contribution in [-0.2, 0) is 19.4 Å². The Balaban J connectivity index is 0.00000218. The summed E-state index contributed by atoms with van der Waals surface area (Å²) in [4.78, 5) is 9.30. The summed E-state index contributed by atoms with van der Waals surface area (Å²) in [5.41, 5.74) is 5.58. The molecule has 0 amide bonds. The van der Waals surface area contributed by atoms with E-state index >= 15 is 0 Å². The summed E-state index contributed by atoms with van der Waals surface area (Å²) in [6.07, 6.45) is 5.16. The van der Waals surface area contributed by atoms with Crippen molar-refractivity contribution in [1.82, 2.24) is 20.4 Å². The number of aromatic nitrogens is 3. The summed E-state index contributed by atoms with van der Waals surface area (Å²) in [6, 6.07) is 14.2. The number of hydrogen-bond acceptors (Lipinski definition) is 6. The highest BCUT2D eigenvalue weighted by Gasteiger charge is 2.24. The molecule has 4 heterocycles. The highest BCUT2D eigenvalue weighted by molar-refractivity contribution is 5.85. The van der Waals surface area contributed by atoms with Crippen molar-refractivity contribution < 1.29 is 8.94 Å². The van der Waals surface area contributed by atoms with Gasteiger partial charge in [-0.1, -0.05) is 35.5 Å². The average Bonchev–Trinajstić information content (AvgIpc) is 3.45. The molecule has 1 aliphatic rings. The van der Waals surface area contributed by atoms with Crippen LogP contribution >= 0.6 is 12.4 Å². The van der Waals surface area contributed by atoms with Crippen molar-refractivity contribution in [2.45, 2.75) is 32.2 Å². The van der Waals surface area contributed by atoms with Gasteiger partial charge in [-0.05, 0) is 48.7 Å². The monoisotopic (exact) mass is 422 g/mol. The van der Waals surface area contributed by atoms with Crippen molar-refractivity contribution in [3.63, 3.8) is 0 Å². The molecule has 0 saturated carbocycles. The number of nitrogens with zero attached hydrogens (tertiary/aromatic N) is 3. The van der Waals surface area contributed by atoms with Crippen LogP contribution < -0.4 is 5.32 Å². The Bertz CT molecular complexity index is 1110. The normalized spacial score (nSPS) is 14.0. The number of fused-ring (bicyclic) bond motifs is 1. The fourth-order valence-corrected chi connectivity index (χ4v) is 4.04. The van der Waals surface area contributed by atoms with Gasteiger partial charge >= 0.3 is 0 Å². The van der Waals surface area contributed by atoms with Crippen molar-refractivity contribution in [3.8, 4) is 11.4 Å². The van der Waals surface area contributed by atoms with E-state index in [0.29, 0.717) is 18.1 Å². The molecule has 0 bridgehead atoms. The highest BCUT2D eigenvalue weighted by atomic mass is 35.5. The van der Waals surface area contributed by atoms with Crippen LogP contribution in [0, 0.1) is 6.92 Å². The zero-order valence-corrected chi connectivity index (χ0v) is 17.5. The van der Waals surface area contributed by atoms with Crippen LogP contribution in [0.25, 0.3) is 11.4 Å². The zero-order valence-electron chi connectivity index (χ0n) is 16.7. The lowest BCUT2D eigenvalue weighted by Crippen LogP contribution is -2.24. The molecule has 3 aromatic heterocycles. The summed E-state index contributed by atoms with van der Waals surface area (Å²) < 4.78 is 11.4. The minimum Gasteiger partial charge on any atom is -0.469 e. The molecule has 0 spiro atoms. The second-order valence-electron chi connectivity index (χ2n) is 7.34. The molecule has 0 saturated heterocycles. The number of nitrogens with one attached hydrogen (secondary N) is 1. The van der Waals surface area contributed by atoms with Gasteiger partial charge in [-0.25, -0.2) is 0 Å². The lowest BCUT2D eigenvalue weighted by atomic mass is 9.93. The van der Waals surface area contributed by atoms with Gasteiger partial charge in [0, 0.05) is 30.4 Å². The average molecular weight is 423 g/mol. The van der Waals surface area contributed by atoms with Gasteiger partial charge < -0.3 is 14.3 Å². The number of aryl methyl sites for hydroxylation is 1. The maximum atomic E-state index is 5.70. The quantitative estimate of drug-likeness (QED) is 0.511. The first-order chi connectivity index (χ1) is 14.3. The Labute approximate surface area is 181 Å². The number of hydrogen-bond donors (Lipinski definition) is 1. The molecule has 4 aromatic rings. The van der Waals surface area contributed by atoms with Crippen molar-refractivity contribution in [2.75, 3.05) is 6.54 Å².